The zero-order valence-corrected chi connectivity index (χ0v) is 15.6. The van der Waals surface area contributed by atoms with Gasteiger partial charge in [-0.3, -0.25) is 9.78 Å². The van der Waals surface area contributed by atoms with Gasteiger partial charge >= 0.3 is 0 Å². The summed E-state index contributed by atoms with van der Waals surface area (Å²) < 4.78 is 0. The van der Waals surface area contributed by atoms with Crippen molar-refractivity contribution in [2.75, 3.05) is 6.54 Å². The zero-order chi connectivity index (χ0) is 17.4. The molecule has 1 aliphatic heterocycles. The minimum atomic E-state index is 0.143. The van der Waals surface area contributed by atoms with Crippen LogP contribution in [0.3, 0.4) is 0 Å². The van der Waals surface area contributed by atoms with E-state index >= 15 is 0 Å². The van der Waals surface area contributed by atoms with Gasteiger partial charge in [-0.25, -0.2) is 0 Å². The summed E-state index contributed by atoms with van der Waals surface area (Å²) in [4.78, 5) is 20.0. The number of hydrogen-bond acceptors (Lipinski definition) is 2. The lowest BCUT2D eigenvalue weighted by molar-refractivity contribution is 0.0608. The van der Waals surface area contributed by atoms with Crippen LogP contribution in [0.5, 0.6) is 0 Å². The molecule has 1 aromatic heterocycles. The number of carbonyl (C=O) groups is 1. The largest absolute Gasteiger partial charge is 0.336 e. The highest BCUT2D eigenvalue weighted by molar-refractivity contribution is 6.36. The van der Waals surface area contributed by atoms with Crippen LogP contribution in [0.25, 0.3) is 10.9 Å². The fourth-order valence-corrected chi connectivity index (χ4v) is 4.72. The highest BCUT2D eigenvalue weighted by Gasteiger charge is 2.26. The number of fused-ring (bicyclic) bond motifs is 2. The topological polar surface area (TPSA) is 33.2 Å². The molecule has 0 bridgehead atoms. The molecule has 2 heterocycles. The number of benzene rings is 1. The molecule has 25 heavy (non-hydrogen) atoms. The van der Waals surface area contributed by atoms with E-state index in [4.69, 9.17) is 16.6 Å². The van der Waals surface area contributed by atoms with Gasteiger partial charge in [-0.2, -0.15) is 0 Å². The zero-order valence-electron chi connectivity index (χ0n) is 14.9. The average Bonchev–Trinajstić information content (AvgIpc) is 2.67. The van der Waals surface area contributed by atoms with Crippen molar-refractivity contribution in [2.45, 2.75) is 64.3 Å². The Kier molecular flexibility index (Phi) is 4.68. The first-order chi connectivity index (χ1) is 12.2. The summed E-state index contributed by atoms with van der Waals surface area (Å²) in [6, 6.07) is 6.23. The number of rotatable bonds is 2. The van der Waals surface area contributed by atoms with Crippen molar-refractivity contribution < 1.29 is 4.79 Å². The molecule has 2 aliphatic rings. The molecular weight excluding hydrogens is 332 g/mol. The summed E-state index contributed by atoms with van der Waals surface area (Å²) in [6.45, 7) is 3.04. The molecule has 2 aromatic rings. The number of carbonyl (C=O) groups excluding carboxylic acids is 1. The Morgan fingerprint density at radius 3 is 2.92 bits per heavy atom. The Morgan fingerprint density at radius 1 is 1.24 bits per heavy atom. The number of aryl methyl sites for hydroxylation is 1. The summed E-state index contributed by atoms with van der Waals surface area (Å²) in [6.07, 6.45) is 8.84. The number of halogens is 1. The van der Waals surface area contributed by atoms with Crippen molar-refractivity contribution >= 4 is 28.4 Å². The summed E-state index contributed by atoms with van der Waals surface area (Å²) in [5, 5.41) is 1.81. The van der Waals surface area contributed by atoms with E-state index in [9.17, 15) is 4.79 Å². The van der Waals surface area contributed by atoms with Gasteiger partial charge in [0, 0.05) is 29.2 Å². The van der Waals surface area contributed by atoms with E-state index in [0.717, 1.165) is 65.8 Å². The number of aromatic nitrogens is 1. The maximum Gasteiger partial charge on any atom is 0.254 e. The van der Waals surface area contributed by atoms with E-state index in [1.54, 1.807) is 0 Å². The van der Waals surface area contributed by atoms with Crippen LogP contribution in [0.4, 0.5) is 0 Å². The third-order valence-corrected chi connectivity index (χ3v) is 6.23. The van der Waals surface area contributed by atoms with Crippen molar-refractivity contribution in [2.24, 2.45) is 0 Å². The molecule has 0 spiro atoms. The monoisotopic (exact) mass is 356 g/mol. The van der Waals surface area contributed by atoms with Crippen LogP contribution in [-0.2, 0) is 12.8 Å². The van der Waals surface area contributed by atoms with Crippen LogP contribution >= 0.6 is 11.6 Å². The van der Waals surface area contributed by atoms with Crippen LogP contribution in [0.15, 0.2) is 18.2 Å². The van der Waals surface area contributed by atoms with Crippen molar-refractivity contribution in [3.05, 3.63) is 40.0 Å². The van der Waals surface area contributed by atoms with E-state index in [0.29, 0.717) is 6.04 Å². The standard InChI is InChI=1S/C21H25ClN2O/c1-2-15-7-5-6-12-24(15)21(25)14-10-11-17-19(13-14)23-18-9-4-3-8-16(18)20(17)22/h10-11,13,15H,2-9,12H2,1H3/t15-/m1/s1. The van der Waals surface area contributed by atoms with Crippen molar-refractivity contribution in [3.63, 3.8) is 0 Å². The summed E-state index contributed by atoms with van der Waals surface area (Å²) in [5.41, 5.74) is 3.94. The smallest absolute Gasteiger partial charge is 0.254 e. The van der Waals surface area contributed by atoms with Gasteiger partial charge in [0.1, 0.15) is 0 Å². The Morgan fingerprint density at radius 2 is 2.08 bits per heavy atom. The van der Waals surface area contributed by atoms with Crippen molar-refractivity contribution in [3.8, 4) is 0 Å². The Hall–Kier alpha value is -1.61. The lowest BCUT2D eigenvalue weighted by Gasteiger charge is -2.35. The molecule has 0 unspecified atom stereocenters. The molecule has 3 nitrogen and oxygen atoms in total. The molecule has 1 aromatic carbocycles. The van der Waals surface area contributed by atoms with E-state index in [1.165, 1.54) is 24.8 Å². The lowest BCUT2D eigenvalue weighted by atomic mass is 9.94. The second-order valence-corrected chi connectivity index (χ2v) is 7.72. The predicted molar refractivity (Wildman–Crippen MR) is 102 cm³/mol. The van der Waals surface area contributed by atoms with Crippen LogP contribution in [0, 0.1) is 0 Å². The van der Waals surface area contributed by atoms with Crippen molar-refractivity contribution in [1.29, 1.82) is 0 Å². The highest BCUT2D eigenvalue weighted by atomic mass is 35.5. The predicted octanol–water partition coefficient (Wildman–Crippen LogP) is 5.17. The summed E-state index contributed by atoms with van der Waals surface area (Å²) in [7, 11) is 0. The molecule has 1 aliphatic carbocycles. The minimum Gasteiger partial charge on any atom is -0.336 e. The van der Waals surface area contributed by atoms with Crippen LogP contribution < -0.4 is 0 Å². The number of piperidine rings is 1. The van der Waals surface area contributed by atoms with Gasteiger partial charge in [-0.15, -0.1) is 0 Å². The summed E-state index contributed by atoms with van der Waals surface area (Å²) in [5.74, 6) is 0.143. The Bertz CT molecular complexity index is 817. The third kappa shape index (κ3) is 3.03. The minimum absolute atomic E-state index is 0.143. The van der Waals surface area contributed by atoms with E-state index in [2.05, 4.69) is 11.8 Å². The number of amides is 1. The van der Waals surface area contributed by atoms with Gasteiger partial charge < -0.3 is 4.90 Å². The van der Waals surface area contributed by atoms with Crippen LogP contribution in [-0.4, -0.2) is 28.4 Å². The van der Waals surface area contributed by atoms with Gasteiger partial charge in [0.15, 0.2) is 0 Å². The van der Waals surface area contributed by atoms with Crippen LogP contribution in [0.2, 0.25) is 5.02 Å². The molecular formula is C21H25ClN2O. The normalized spacial score (nSPS) is 20.6. The van der Waals surface area contributed by atoms with Gasteiger partial charge in [0.2, 0.25) is 0 Å². The van der Waals surface area contributed by atoms with E-state index in [-0.39, 0.29) is 5.91 Å². The molecule has 132 valence electrons. The maximum atomic E-state index is 13.1. The third-order valence-electron chi connectivity index (χ3n) is 5.80. The van der Waals surface area contributed by atoms with E-state index in [1.807, 2.05) is 18.2 Å². The molecule has 4 heteroatoms. The fraction of sp³-hybridized carbons (Fsp3) is 0.524. The number of pyridine rings is 1. The van der Waals surface area contributed by atoms with Gasteiger partial charge in [-0.05, 0) is 69.1 Å². The average molecular weight is 357 g/mol. The fourth-order valence-electron chi connectivity index (χ4n) is 4.36. The Balaban J connectivity index is 1.72. The number of hydrogen-bond donors (Lipinski definition) is 0. The second-order valence-electron chi connectivity index (χ2n) is 7.35. The van der Waals surface area contributed by atoms with Gasteiger partial charge in [-0.1, -0.05) is 24.6 Å². The highest BCUT2D eigenvalue weighted by Crippen LogP contribution is 2.33. The molecule has 1 saturated heterocycles. The SMILES string of the molecule is CC[C@@H]1CCCCN1C(=O)c1ccc2c(Cl)c3c(nc2c1)CCCC3. The van der Waals surface area contributed by atoms with Gasteiger partial charge in [0.05, 0.1) is 10.5 Å². The van der Waals surface area contributed by atoms with Crippen LogP contribution in [0.1, 0.15) is 67.1 Å². The van der Waals surface area contributed by atoms with Gasteiger partial charge in [0.25, 0.3) is 5.91 Å². The summed E-state index contributed by atoms with van der Waals surface area (Å²) >= 11 is 6.65. The number of likely N-dealkylation sites (tertiary alicyclic amines) is 1. The first-order valence-electron chi connectivity index (χ1n) is 9.61. The molecule has 1 fully saturated rings. The molecule has 0 N–H and O–H groups in total. The first kappa shape index (κ1) is 16.8. The van der Waals surface area contributed by atoms with Crippen molar-refractivity contribution in [1.82, 2.24) is 9.88 Å². The molecule has 0 radical (unpaired) electrons. The Labute approximate surface area is 154 Å². The molecule has 0 saturated carbocycles. The maximum absolute atomic E-state index is 13.1. The molecule has 1 amide bonds. The molecule has 1 atom stereocenters. The second kappa shape index (κ2) is 6.95. The quantitative estimate of drug-likeness (QED) is 0.743. The lowest BCUT2D eigenvalue weighted by Crippen LogP contribution is -2.43. The first-order valence-corrected chi connectivity index (χ1v) is 9.99. The molecule has 4 rings (SSSR count). The number of nitrogens with zero attached hydrogens (tertiary/aromatic N) is 2. The van der Waals surface area contributed by atoms with E-state index < -0.39 is 0 Å².